The summed E-state index contributed by atoms with van der Waals surface area (Å²) in [4.78, 5) is 4.33. The molecule has 19 heavy (non-hydrogen) atoms. The van der Waals surface area contributed by atoms with E-state index in [1.54, 1.807) is 7.11 Å². The molecule has 0 spiro atoms. The van der Waals surface area contributed by atoms with E-state index in [9.17, 15) is 0 Å². The van der Waals surface area contributed by atoms with Gasteiger partial charge in [0.25, 0.3) is 0 Å². The Hall–Kier alpha value is -1.69. The zero-order chi connectivity index (χ0) is 13.8. The first kappa shape index (κ1) is 13.7. The zero-order valence-corrected chi connectivity index (χ0v) is 12.7. The van der Waals surface area contributed by atoms with Gasteiger partial charge in [0.1, 0.15) is 5.75 Å². The SMILES string of the molecule is COc1cc(Br)cc(CNc2nnc(C)c(C)n2)c1. The van der Waals surface area contributed by atoms with Crippen LogP contribution in [0.4, 0.5) is 5.95 Å². The third-order valence-corrected chi connectivity index (χ3v) is 3.17. The van der Waals surface area contributed by atoms with Crippen molar-refractivity contribution in [2.24, 2.45) is 0 Å². The molecular weight excluding hydrogens is 308 g/mol. The van der Waals surface area contributed by atoms with Gasteiger partial charge in [-0.1, -0.05) is 15.9 Å². The number of anilines is 1. The third-order valence-electron chi connectivity index (χ3n) is 2.71. The first-order valence-corrected chi connectivity index (χ1v) is 6.63. The Bertz CT molecular complexity index is 589. The Morgan fingerprint density at radius 3 is 2.63 bits per heavy atom. The fourth-order valence-corrected chi connectivity index (χ4v) is 2.07. The number of hydrogen-bond acceptors (Lipinski definition) is 5. The second-order valence-electron chi connectivity index (χ2n) is 4.16. The molecule has 2 rings (SSSR count). The molecular formula is C13H15BrN4O. The predicted molar refractivity (Wildman–Crippen MR) is 77.3 cm³/mol. The number of nitrogens with zero attached hydrogens (tertiary/aromatic N) is 3. The van der Waals surface area contributed by atoms with E-state index < -0.39 is 0 Å². The molecule has 100 valence electrons. The highest BCUT2D eigenvalue weighted by Crippen LogP contribution is 2.21. The minimum absolute atomic E-state index is 0.530. The summed E-state index contributed by atoms with van der Waals surface area (Å²) in [6.07, 6.45) is 0. The number of ether oxygens (including phenoxy) is 1. The number of halogens is 1. The summed E-state index contributed by atoms with van der Waals surface area (Å²) in [5, 5.41) is 11.2. The van der Waals surface area contributed by atoms with E-state index in [4.69, 9.17) is 4.74 Å². The lowest BCUT2D eigenvalue weighted by molar-refractivity contribution is 0.414. The summed E-state index contributed by atoms with van der Waals surface area (Å²) < 4.78 is 6.20. The molecule has 0 amide bonds. The summed E-state index contributed by atoms with van der Waals surface area (Å²) in [6, 6.07) is 5.90. The molecule has 5 nitrogen and oxygen atoms in total. The van der Waals surface area contributed by atoms with Crippen LogP contribution in [0.3, 0.4) is 0 Å². The average Bonchev–Trinajstić information content (AvgIpc) is 2.39. The highest BCUT2D eigenvalue weighted by molar-refractivity contribution is 9.10. The Morgan fingerprint density at radius 2 is 1.95 bits per heavy atom. The van der Waals surface area contributed by atoms with Gasteiger partial charge in [0.05, 0.1) is 18.5 Å². The van der Waals surface area contributed by atoms with Crippen LogP contribution in [0.15, 0.2) is 22.7 Å². The standard InChI is InChI=1S/C13H15BrN4O/c1-8-9(2)17-18-13(16-8)15-7-10-4-11(14)6-12(5-10)19-3/h4-6H,7H2,1-3H3,(H,15,16,18). The minimum atomic E-state index is 0.530. The Balaban J connectivity index is 2.09. The summed E-state index contributed by atoms with van der Waals surface area (Å²) in [7, 11) is 1.65. The molecule has 1 heterocycles. The molecule has 0 aliphatic carbocycles. The molecule has 1 N–H and O–H groups in total. The van der Waals surface area contributed by atoms with Gasteiger partial charge in [-0.3, -0.25) is 0 Å². The summed E-state index contributed by atoms with van der Waals surface area (Å²) in [5.41, 5.74) is 2.80. The van der Waals surface area contributed by atoms with Gasteiger partial charge < -0.3 is 10.1 Å². The Morgan fingerprint density at radius 1 is 1.16 bits per heavy atom. The topological polar surface area (TPSA) is 59.9 Å². The van der Waals surface area contributed by atoms with E-state index in [0.29, 0.717) is 12.5 Å². The molecule has 0 radical (unpaired) electrons. The zero-order valence-electron chi connectivity index (χ0n) is 11.1. The first-order valence-electron chi connectivity index (χ1n) is 5.83. The summed E-state index contributed by atoms with van der Waals surface area (Å²) in [5.74, 6) is 1.34. The van der Waals surface area contributed by atoms with Crippen molar-refractivity contribution >= 4 is 21.9 Å². The first-order chi connectivity index (χ1) is 9.08. The van der Waals surface area contributed by atoms with Crippen LogP contribution >= 0.6 is 15.9 Å². The maximum Gasteiger partial charge on any atom is 0.243 e. The molecule has 0 saturated carbocycles. The number of benzene rings is 1. The van der Waals surface area contributed by atoms with Crippen LogP contribution in [0.25, 0.3) is 0 Å². The molecule has 1 aromatic heterocycles. The van der Waals surface area contributed by atoms with Crippen LogP contribution in [-0.4, -0.2) is 22.3 Å². The average molecular weight is 323 g/mol. The molecule has 6 heteroatoms. The molecule has 0 aliphatic rings. The monoisotopic (exact) mass is 322 g/mol. The third kappa shape index (κ3) is 3.64. The van der Waals surface area contributed by atoms with E-state index >= 15 is 0 Å². The molecule has 0 aliphatic heterocycles. The van der Waals surface area contributed by atoms with Gasteiger partial charge in [-0.25, -0.2) is 4.98 Å². The van der Waals surface area contributed by atoms with Crippen molar-refractivity contribution in [2.45, 2.75) is 20.4 Å². The van der Waals surface area contributed by atoms with E-state index in [0.717, 1.165) is 27.2 Å². The number of aromatic nitrogens is 3. The molecule has 2 aromatic rings. The normalized spacial score (nSPS) is 10.3. The minimum Gasteiger partial charge on any atom is -0.497 e. The van der Waals surface area contributed by atoms with Crippen molar-refractivity contribution in [1.82, 2.24) is 15.2 Å². The lowest BCUT2D eigenvalue weighted by atomic mass is 10.2. The lowest BCUT2D eigenvalue weighted by Gasteiger charge is -2.08. The van der Waals surface area contributed by atoms with Gasteiger partial charge in [-0.15, -0.1) is 5.10 Å². The quantitative estimate of drug-likeness (QED) is 0.937. The highest BCUT2D eigenvalue weighted by atomic mass is 79.9. The maximum absolute atomic E-state index is 5.22. The largest absolute Gasteiger partial charge is 0.497 e. The van der Waals surface area contributed by atoms with Crippen molar-refractivity contribution < 1.29 is 4.74 Å². The Labute approximate surface area is 120 Å². The predicted octanol–water partition coefficient (Wildman–Crippen LogP) is 2.87. The van der Waals surface area contributed by atoms with Crippen LogP contribution in [0.1, 0.15) is 17.0 Å². The summed E-state index contributed by atoms with van der Waals surface area (Å²) >= 11 is 3.45. The molecule has 0 atom stereocenters. The van der Waals surface area contributed by atoms with Gasteiger partial charge in [-0.2, -0.15) is 5.10 Å². The van der Waals surface area contributed by atoms with Crippen LogP contribution in [0.5, 0.6) is 5.75 Å². The smallest absolute Gasteiger partial charge is 0.243 e. The van der Waals surface area contributed by atoms with Gasteiger partial charge in [0, 0.05) is 11.0 Å². The van der Waals surface area contributed by atoms with Crippen molar-refractivity contribution in [3.8, 4) is 5.75 Å². The molecule has 1 aromatic carbocycles. The van der Waals surface area contributed by atoms with Crippen LogP contribution in [0.2, 0.25) is 0 Å². The second kappa shape index (κ2) is 5.97. The van der Waals surface area contributed by atoms with Crippen molar-refractivity contribution in [1.29, 1.82) is 0 Å². The van der Waals surface area contributed by atoms with Crippen LogP contribution in [0, 0.1) is 13.8 Å². The lowest BCUT2D eigenvalue weighted by Crippen LogP contribution is -2.07. The second-order valence-corrected chi connectivity index (χ2v) is 5.07. The van der Waals surface area contributed by atoms with E-state index in [-0.39, 0.29) is 0 Å². The van der Waals surface area contributed by atoms with Crippen molar-refractivity contribution in [2.75, 3.05) is 12.4 Å². The molecule has 0 bridgehead atoms. The summed E-state index contributed by atoms with van der Waals surface area (Å²) in [6.45, 7) is 4.41. The van der Waals surface area contributed by atoms with E-state index in [2.05, 4.69) is 36.4 Å². The van der Waals surface area contributed by atoms with Gasteiger partial charge in [-0.05, 0) is 37.6 Å². The molecule has 0 saturated heterocycles. The van der Waals surface area contributed by atoms with Crippen molar-refractivity contribution in [3.63, 3.8) is 0 Å². The Kier molecular flexibility index (Phi) is 4.31. The van der Waals surface area contributed by atoms with Gasteiger partial charge in [0.15, 0.2) is 0 Å². The van der Waals surface area contributed by atoms with Crippen molar-refractivity contribution in [3.05, 3.63) is 39.6 Å². The number of hydrogen-bond donors (Lipinski definition) is 1. The fraction of sp³-hybridized carbons (Fsp3) is 0.308. The number of methoxy groups -OCH3 is 1. The van der Waals surface area contributed by atoms with Crippen LogP contribution in [-0.2, 0) is 6.54 Å². The number of aryl methyl sites for hydroxylation is 2. The van der Waals surface area contributed by atoms with Gasteiger partial charge in [0.2, 0.25) is 5.95 Å². The van der Waals surface area contributed by atoms with E-state index in [1.807, 2.05) is 32.0 Å². The number of rotatable bonds is 4. The number of nitrogens with one attached hydrogen (secondary N) is 1. The maximum atomic E-state index is 5.22. The highest BCUT2D eigenvalue weighted by Gasteiger charge is 2.03. The van der Waals surface area contributed by atoms with Gasteiger partial charge >= 0.3 is 0 Å². The molecule has 0 fully saturated rings. The molecule has 0 unspecified atom stereocenters. The van der Waals surface area contributed by atoms with E-state index in [1.165, 1.54) is 0 Å². The van der Waals surface area contributed by atoms with Crippen LogP contribution < -0.4 is 10.1 Å². The fourth-order valence-electron chi connectivity index (χ4n) is 1.55.